The van der Waals surface area contributed by atoms with E-state index in [0.29, 0.717) is 40.7 Å². The van der Waals surface area contributed by atoms with E-state index in [2.05, 4.69) is 22.2 Å². The summed E-state index contributed by atoms with van der Waals surface area (Å²) >= 11 is 0. The first-order chi connectivity index (χ1) is 15.0. The van der Waals surface area contributed by atoms with Gasteiger partial charge in [0.15, 0.2) is 0 Å². The third-order valence-electron chi connectivity index (χ3n) is 4.51. The summed E-state index contributed by atoms with van der Waals surface area (Å²) in [6, 6.07) is 14.8. The van der Waals surface area contributed by atoms with Crippen molar-refractivity contribution in [3.63, 3.8) is 0 Å². The standard InChI is InChI=1S/C25H24FN3O2/c1-4-6-17(2)29-24-15-21(13-14-27-24)31-23-8-5-7-22(18(23)3)25(30)28-16-19-9-11-20(26)12-10-19/h4-15H,2,16H2,1,3H3,(H,27,29)(H,28,30)/b6-4-. The maximum absolute atomic E-state index is 13.0. The van der Waals surface area contributed by atoms with E-state index in [0.717, 1.165) is 5.56 Å². The minimum Gasteiger partial charge on any atom is -0.457 e. The van der Waals surface area contributed by atoms with Gasteiger partial charge in [-0.2, -0.15) is 0 Å². The molecule has 0 aliphatic heterocycles. The van der Waals surface area contributed by atoms with Gasteiger partial charge in [-0.1, -0.05) is 30.9 Å². The number of anilines is 1. The predicted octanol–water partition coefficient (Wildman–Crippen LogP) is 5.75. The van der Waals surface area contributed by atoms with E-state index in [1.165, 1.54) is 12.1 Å². The molecule has 0 spiro atoms. The molecule has 0 saturated carbocycles. The van der Waals surface area contributed by atoms with Gasteiger partial charge in [0.25, 0.3) is 5.91 Å². The van der Waals surface area contributed by atoms with Gasteiger partial charge in [0, 0.05) is 35.6 Å². The molecule has 1 heterocycles. The van der Waals surface area contributed by atoms with E-state index < -0.39 is 0 Å². The highest BCUT2D eigenvalue weighted by Crippen LogP contribution is 2.28. The number of ether oxygens (including phenoxy) is 1. The number of benzene rings is 2. The molecule has 1 amide bonds. The molecule has 0 bridgehead atoms. The number of aromatic nitrogens is 1. The Morgan fingerprint density at radius 1 is 1.19 bits per heavy atom. The Bertz CT molecular complexity index is 1110. The van der Waals surface area contributed by atoms with Crippen LogP contribution in [0.15, 0.2) is 85.2 Å². The molecule has 6 heteroatoms. The van der Waals surface area contributed by atoms with Crippen LogP contribution in [0.3, 0.4) is 0 Å². The zero-order valence-corrected chi connectivity index (χ0v) is 17.5. The van der Waals surface area contributed by atoms with Crippen molar-refractivity contribution in [2.24, 2.45) is 0 Å². The minimum absolute atomic E-state index is 0.230. The Morgan fingerprint density at radius 3 is 2.71 bits per heavy atom. The summed E-state index contributed by atoms with van der Waals surface area (Å²) in [5.74, 6) is 1.21. The molecule has 2 aromatic carbocycles. The van der Waals surface area contributed by atoms with E-state index >= 15 is 0 Å². The molecule has 0 radical (unpaired) electrons. The summed E-state index contributed by atoms with van der Waals surface area (Å²) in [4.78, 5) is 16.9. The number of pyridine rings is 1. The fourth-order valence-electron chi connectivity index (χ4n) is 2.93. The lowest BCUT2D eigenvalue weighted by Crippen LogP contribution is -2.23. The Balaban J connectivity index is 1.71. The van der Waals surface area contributed by atoms with Crippen LogP contribution in [-0.4, -0.2) is 10.9 Å². The summed E-state index contributed by atoms with van der Waals surface area (Å²) in [5, 5.41) is 5.95. The van der Waals surface area contributed by atoms with Gasteiger partial charge in [-0.25, -0.2) is 9.37 Å². The van der Waals surface area contributed by atoms with Gasteiger partial charge in [0.2, 0.25) is 0 Å². The second kappa shape index (κ2) is 10.2. The number of hydrogen-bond acceptors (Lipinski definition) is 4. The monoisotopic (exact) mass is 417 g/mol. The van der Waals surface area contributed by atoms with Crippen LogP contribution in [-0.2, 0) is 6.54 Å². The molecule has 0 fully saturated rings. The zero-order chi connectivity index (χ0) is 22.2. The predicted molar refractivity (Wildman–Crippen MR) is 121 cm³/mol. The largest absolute Gasteiger partial charge is 0.457 e. The number of amides is 1. The van der Waals surface area contributed by atoms with Gasteiger partial charge in [-0.05, 0) is 55.8 Å². The molecule has 0 aliphatic carbocycles. The van der Waals surface area contributed by atoms with Crippen molar-refractivity contribution in [1.82, 2.24) is 10.3 Å². The number of allylic oxidation sites excluding steroid dienone is 2. The lowest BCUT2D eigenvalue weighted by atomic mass is 10.1. The second-order valence-corrected chi connectivity index (χ2v) is 6.87. The van der Waals surface area contributed by atoms with Crippen LogP contribution < -0.4 is 15.4 Å². The molecule has 3 rings (SSSR count). The first kappa shape index (κ1) is 21.8. The highest BCUT2D eigenvalue weighted by atomic mass is 19.1. The molecule has 0 atom stereocenters. The quantitative estimate of drug-likeness (QED) is 0.458. The molecule has 1 aromatic heterocycles. The fourth-order valence-corrected chi connectivity index (χ4v) is 2.93. The average molecular weight is 417 g/mol. The molecule has 31 heavy (non-hydrogen) atoms. The van der Waals surface area contributed by atoms with Crippen LogP contribution in [0.5, 0.6) is 11.5 Å². The van der Waals surface area contributed by atoms with Crippen LogP contribution in [0.1, 0.15) is 28.4 Å². The van der Waals surface area contributed by atoms with Gasteiger partial charge in [-0.15, -0.1) is 0 Å². The van der Waals surface area contributed by atoms with E-state index in [1.54, 1.807) is 48.7 Å². The summed E-state index contributed by atoms with van der Waals surface area (Å²) in [6.07, 6.45) is 5.36. The topological polar surface area (TPSA) is 63.2 Å². The highest BCUT2D eigenvalue weighted by molar-refractivity contribution is 5.96. The summed E-state index contributed by atoms with van der Waals surface area (Å²) in [5.41, 5.74) is 2.75. The van der Waals surface area contributed by atoms with Crippen LogP contribution >= 0.6 is 0 Å². The average Bonchev–Trinajstić information content (AvgIpc) is 2.75. The lowest BCUT2D eigenvalue weighted by Gasteiger charge is -2.13. The number of carbonyl (C=O) groups is 1. The lowest BCUT2D eigenvalue weighted by molar-refractivity contribution is 0.0950. The van der Waals surface area contributed by atoms with Crippen molar-refractivity contribution in [3.8, 4) is 11.5 Å². The van der Waals surface area contributed by atoms with E-state index in [-0.39, 0.29) is 11.7 Å². The summed E-state index contributed by atoms with van der Waals surface area (Å²) in [7, 11) is 0. The highest BCUT2D eigenvalue weighted by Gasteiger charge is 2.13. The molecule has 5 nitrogen and oxygen atoms in total. The number of halogens is 1. The Labute approximate surface area is 181 Å². The molecule has 0 aliphatic rings. The van der Waals surface area contributed by atoms with Gasteiger partial charge < -0.3 is 15.4 Å². The van der Waals surface area contributed by atoms with Crippen molar-refractivity contribution >= 4 is 11.7 Å². The summed E-state index contributed by atoms with van der Waals surface area (Å²) in [6.45, 7) is 7.94. The van der Waals surface area contributed by atoms with Gasteiger partial charge in [0.1, 0.15) is 23.1 Å². The van der Waals surface area contributed by atoms with E-state index in [1.807, 2.05) is 26.0 Å². The third-order valence-corrected chi connectivity index (χ3v) is 4.51. The van der Waals surface area contributed by atoms with Crippen LogP contribution in [0.25, 0.3) is 0 Å². The van der Waals surface area contributed by atoms with Crippen molar-refractivity contribution in [1.29, 1.82) is 0 Å². The van der Waals surface area contributed by atoms with Crippen molar-refractivity contribution < 1.29 is 13.9 Å². The first-order valence-electron chi connectivity index (χ1n) is 9.81. The number of hydrogen-bond donors (Lipinski definition) is 2. The minimum atomic E-state index is -0.309. The maximum Gasteiger partial charge on any atom is 0.251 e. The Kier molecular flexibility index (Phi) is 7.17. The number of nitrogens with one attached hydrogen (secondary N) is 2. The number of carbonyl (C=O) groups excluding carboxylic acids is 1. The van der Waals surface area contributed by atoms with Crippen LogP contribution in [0.2, 0.25) is 0 Å². The third kappa shape index (κ3) is 6.02. The molecule has 3 aromatic rings. The normalized spacial score (nSPS) is 10.7. The maximum atomic E-state index is 13.0. The fraction of sp³-hybridized carbons (Fsp3) is 0.120. The van der Waals surface area contributed by atoms with Gasteiger partial charge in [0.05, 0.1) is 0 Å². The molecular weight excluding hydrogens is 393 g/mol. The van der Waals surface area contributed by atoms with Crippen LogP contribution in [0, 0.1) is 12.7 Å². The molecule has 2 N–H and O–H groups in total. The number of nitrogens with zero attached hydrogens (tertiary/aromatic N) is 1. The Morgan fingerprint density at radius 2 is 1.97 bits per heavy atom. The van der Waals surface area contributed by atoms with Crippen LogP contribution in [0.4, 0.5) is 10.2 Å². The van der Waals surface area contributed by atoms with Gasteiger partial charge >= 0.3 is 0 Å². The van der Waals surface area contributed by atoms with E-state index in [4.69, 9.17) is 4.74 Å². The summed E-state index contributed by atoms with van der Waals surface area (Å²) < 4.78 is 19.0. The molecule has 0 saturated heterocycles. The molecule has 0 unspecified atom stereocenters. The smallest absolute Gasteiger partial charge is 0.251 e. The second-order valence-electron chi connectivity index (χ2n) is 6.87. The van der Waals surface area contributed by atoms with Crippen molar-refractivity contribution in [3.05, 3.63) is 108 Å². The van der Waals surface area contributed by atoms with E-state index in [9.17, 15) is 9.18 Å². The first-order valence-corrected chi connectivity index (χ1v) is 9.81. The van der Waals surface area contributed by atoms with Crippen molar-refractivity contribution in [2.75, 3.05) is 5.32 Å². The number of rotatable bonds is 8. The SMILES string of the molecule is C=C(/C=C\C)Nc1cc(Oc2cccc(C(=O)NCc3ccc(F)cc3)c2C)ccn1. The Hall–Kier alpha value is -3.93. The van der Waals surface area contributed by atoms with Gasteiger partial charge in [-0.3, -0.25) is 4.79 Å². The zero-order valence-electron chi connectivity index (χ0n) is 17.5. The molecular formula is C25H24FN3O2. The molecule has 158 valence electrons. The van der Waals surface area contributed by atoms with Crippen molar-refractivity contribution in [2.45, 2.75) is 20.4 Å².